The summed E-state index contributed by atoms with van der Waals surface area (Å²) < 4.78 is 0. The Morgan fingerprint density at radius 3 is 2.41 bits per heavy atom. The van der Waals surface area contributed by atoms with Crippen LogP contribution in [0.25, 0.3) is 0 Å². The van der Waals surface area contributed by atoms with E-state index in [0.717, 1.165) is 13.1 Å². The molecule has 0 aromatic heterocycles. The Morgan fingerprint density at radius 2 is 1.88 bits per heavy atom. The van der Waals surface area contributed by atoms with Gasteiger partial charge in [-0.15, -0.1) is 0 Å². The van der Waals surface area contributed by atoms with Gasteiger partial charge < -0.3 is 15.3 Å². The molecule has 0 aromatic rings. The van der Waals surface area contributed by atoms with Gasteiger partial charge in [0, 0.05) is 52.6 Å². The number of carbonyl (C=O) groups is 2. The number of rotatable bonds is 5. The molecule has 0 spiro atoms. The number of amides is 2. The van der Waals surface area contributed by atoms with Crippen LogP contribution in [-0.2, 0) is 9.59 Å². The van der Waals surface area contributed by atoms with Gasteiger partial charge in [-0.25, -0.2) is 0 Å². The largest absolute Gasteiger partial charge is 0.395 e. The summed E-state index contributed by atoms with van der Waals surface area (Å²) in [6, 6.07) is 0. The molecule has 6 nitrogen and oxygen atoms in total. The van der Waals surface area contributed by atoms with Crippen molar-refractivity contribution in [1.29, 1.82) is 0 Å². The van der Waals surface area contributed by atoms with Gasteiger partial charge in [0.05, 0.1) is 6.61 Å². The lowest BCUT2D eigenvalue weighted by Crippen LogP contribution is -2.49. The highest BCUT2D eigenvalue weighted by Gasteiger charge is 2.20. The standard InChI is InChI=1S/C11H21N3O3/c1-10(16)12-3-2-11(17)14-6-4-13(5-7-14)8-9-15/h15H,2-9H2,1H3,(H,12,16). The minimum Gasteiger partial charge on any atom is -0.395 e. The predicted octanol–water partition coefficient (Wildman–Crippen LogP) is -1.35. The maximum Gasteiger partial charge on any atom is 0.224 e. The summed E-state index contributed by atoms with van der Waals surface area (Å²) >= 11 is 0. The van der Waals surface area contributed by atoms with E-state index in [1.54, 1.807) is 0 Å². The van der Waals surface area contributed by atoms with Gasteiger partial charge >= 0.3 is 0 Å². The monoisotopic (exact) mass is 243 g/mol. The smallest absolute Gasteiger partial charge is 0.224 e. The molecule has 17 heavy (non-hydrogen) atoms. The van der Waals surface area contributed by atoms with E-state index in [4.69, 9.17) is 5.11 Å². The van der Waals surface area contributed by atoms with Crippen molar-refractivity contribution < 1.29 is 14.7 Å². The first-order valence-corrected chi connectivity index (χ1v) is 5.99. The Balaban J connectivity index is 2.19. The van der Waals surface area contributed by atoms with Crippen LogP contribution < -0.4 is 5.32 Å². The molecule has 1 rings (SSSR count). The number of hydrogen-bond acceptors (Lipinski definition) is 4. The lowest BCUT2D eigenvalue weighted by molar-refractivity contribution is -0.132. The number of aliphatic hydroxyl groups is 1. The summed E-state index contributed by atoms with van der Waals surface area (Å²) in [5.74, 6) is -0.0204. The molecule has 0 radical (unpaired) electrons. The predicted molar refractivity (Wildman–Crippen MR) is 63.4 cm³/mol. The number of nitrogens with one attached hydrogen (secondary N) is 1. The van der Waals surface area contributed by atoms with E-state index in [1.807, 2.05) is 4.90 Å². The molecule has 0 aliphatic carbocycles. The van der Waals surface area contributed by atoms with Crippen molar-refractivity contribution >= 4 is 11.8 Å². The molecule has 2 amide bonds. The van der Waals surface area contributed by atoms with Crippen LogP contribution in [0.15, 0.2) is 0 Å². The molecular weight excluding hydrogens is 222 g/mol. The van der Waals surface area contributed by atoms with Gasteiger partial charge in [-0.2, -0.15) is 0 Å². The van der Waals surface area contributed by atoms with E-state index >= 15 is 0 Å². The summed E-state index contributed by atoms with van der Waals surface area (Å²) in [6.45, 7) is 5.73. The quantitative estimate of drug-likeness (QED) is 0.626. The van der Waals surface area contributed by atoms with Gasteiger partial charge in [0.25, 0.3) is 0 Å². The lowest BCUT2D eigenvalue weighted by Gasteiger charge is -2.34. The van der Waals surface area contributed by atoms with Crippen LogP contribution >= 0.6 is 0 Å². The average Bonchev–Trinajstić information content (AvgIpc) is 2.30. The van der Waals surface area contributed by atoms with Crippen molar-refractivity contribution in [2.45, 2.75) is 13.3 Å². The van der Waals surface area contributed by atoms with Crippen molar-refractivity contribution in [2.75, 3.05) is 45.9 Å². The van der Waals surface area contributed by atoms with Crippen LogP contribution in [0.2, 0.25) is 0 Å². The third kappa shape index (κ3) is 5.14. The normalized spacial score (nSPS) is 16.9. The van der Waals surface area contributed by atoms with E-state index in [2.05, 4.69) is 10.2 Å². The molecule has 1 fully saturated rings. The van der Waals surface area contributed by atoms with Crippen LogP contribution in [0, 0.1) is 0 Å². The molecule has 0 atom stereocenters. The number of aliphatic hydroxyl groups excluding tert-OH is 1. The third-order valence-corrected chi connectivity index (χ3v) is 2.85. The SMILES string of the molecule is CC(=O)NCCC(=O)N1CCN(CCO)CC1. The average molecular weight is 243 g/mol. The second-order valence-electron chi connectivity index (χ2n) is 4.18. The Labute approximate surface area is 102 Å². The zero-order valence-electron chi connectivity index (χ0n) is 10.3. The first kappa shape index (κ1) is 13.9. The highest BCUT2D eigenvalue weighted by molar-refractivity contribution is 5.78. The van der Waals surface area contributed by atoms with Crippen molar-refractivity contribution in [3.05, 3.63) is 0 Å². The van der Waals surface area contributed by atoms with Crippen LogP contribution in [0.5, 0.6) is 0 Å². The van der Waals surface area contributed by atoms with E-state index < -0.39 is 0 Å². The maximum atomic E-state index is 11.8. The highest BCUT2D eigenvalue weighted by Crippen LogP contribution is 2.02. The minimum atomic E-state index is -0.106. The molecule has 0 bridgehead atoms. The van der Waals surface area contributed by atoms with Crippen molar-refractivity contribution in [2.24, 2.45) is 0 Å². The Morgan fingerprint density at radius 1 is 1.24 bits per heavy atom. The fourth-order valence-corrected chi connectivity index (χ4v) is 1.87. The van der Waals surface area contributed by atoms with Gasteiger partial charge in [-0.3, -0.25) is 14.5 Å². The van der Waals surface area contributed by atoms with Gasteiger partial charge in [0.2, 0.25) is 11.8 Å². The van der Waals surface area contributed by atoms with Crippen molar-refractivity contribution in [3.63, 3.8) is 0 Å². The van der Waals surface area contributed by atoms with Gasteiger partial charge in [0.1, 0.15) is 0 Å². The number of β-amino-alcohol motifs (C(OH)–C–C–N with tert-alkyl or cyclic N) is 1. The molecule has 1 aliphatic heterocycles. The van der Waals surface area contributed by atoms with Crippen LogP contribution in [-0.4, -0.2) is 72.6 Å². The molecule has 6 heteroatoms. The summed E-state index contributed by atoms with van der Waals surface area (Å²) in [5, 5.41) is 11.4. The molecule has 0 aromatic carbocycles. The van der Waals surface area contributed by atoms with E-state index in [1.165, 1.54) is 6.92 Å². The summed E-state index contributed by atoms with van der Waals surface area (Å²) in [4.78, 5) is 26.4. The Bertz CT molecular complexity index is 263. The van der Waals surface area contributed by atoms with E-state index in [0.29, 0.717) is 32.6 Å². The fourth-order valence-electron chi connectivity index (χ4n) is 1.87. The lowest BCUT2D eigenvalue weighted by atomic mass is 10.2. The van der Waals surface area contributed by atoms with Gasteiger partial charge in [0.15, 0.2) is 0 Å². The highest BCUT2D eigenvalue weighted by atomic mass is 16.3. The number of piperazine rings is 1. The molecule has 1 saturated heterocycles. The number of hydrogen-bond donors (Lipinski definition) is 2. The number of nitrogens with zero attached hydrogens (tertiary/aromatic N) is 2. The first-order chi connectivity index (χ1) is 8.13. The minimum absolute atomic E-state index is 0.0856. The molecule has 2 N–H and O–H groups in total. The molecule has 98 valence electrons. The zero-order chi connectivity index (χ0) is 12.7. The zero-order valence-corrected chi connectivity index (χ0v) is 10.3. The first-order valence-electron chi connectivity index (χ1n) is 5.99. The van der Waals surface area contributed by atoms with Crippen LogP contribution in [0.3, 0.4) is 0 Å². The second kappa shape index (κ2) is 7.24. The van der Waals surface area contributed by atoms with Gasteiger partial charge in [-0.1, -0.05) is 0 Å². The van der Waals surface area contributed by atoms with E-state index in [-0.39, 0.29) is 18.4 Å². The van der Waals surface area contributed by atoms with Crippen LogP contribution in [0.4, 0.5) is 0 Å². The van der Waals surface area contributed by atoms with Crippen LogP contribution in [0.1, 0.15) is 13.3 Å². The Kier molecular flexibility index (Phi) is 5.93. The van der Waals surface area contributed by atoms with E-state index in [9.17, 15) is 9.59 Å². The fraction of sp³-hybridized carbons (Fsp3) is 0.818. The summed E-state index contributed by atoms with van der Waals surface area (Å²) in [5.41, 5.74) is 0. The third-order valence-electron chi connectivity index (χ3n) is 2.85. The van der Waals surface area contributed by atoms with Crippen molar-refractivity contribution in [1.82, 2.24) is 15.1 Å². The topological polar surface area (TPSA) is 72.9 Å². The number of carbonyl (C=O) groups excluding carboxylic acids is 2. The summed E-state index contributed by atoms with van der Waals surface area (Å²) in [7, 11) is 0. The molecule has 0 saturated carbocycles. The Hall–Kier alpha value is -1.14. The maximum absolute atomic E-state index is 11.8. The van der Waals surface area contributed by atoms with Crippen molar-refractivity contribution in [3.8, 4) is 0 Å². The van der Waals surface area contributed by atoms with Gasteiger partial charge in [-0.05, 0) is 0 Å². The molecule has 1 heterocycles. The summed E-state index contributed by atoms with van der Waals surface area (Å²) in [6.07, 6.45) is 0.361. The molecule has 1 aliphatic rings. The molecular formula is C11H21N3O3. The molecule has 0 unspecified atom stereocenters. The second-order valence-corrected chi connectivity index (χ2v) is 4.18.